The summed E-state index contributed by atoms with van der Waals surface area (Å²) in [6.45, 7) is 0. The van der Waals surface area contributed by atoms with Crippen LogP contribution in [0, 0.1) is 0 Å². The van der Waals surface area contributed by atoms with Crippen LogP contribution in [-0.4, -0.2) is 0 Å². The summed E-state index contributed by atoms with van der Waals surface area (Å²) in [5.74, 6) is 0.985. The van der Waals surface area contributed by atoms with Crippen LogP contribution in [0.15, 0.2) is 45.8 Å². The van der Waals surface area contributed by atoms with E-state index < -0.39 is 0 Å². The minimum Gasteiger partial charge on any atom is -0.398 e. The van der Waals surface area contributed by atoms with E-state index in [1.807, 2.05) is 23.9 Å². The average Bonchev–Trinajstić information content (AvgIpc) is 2.85. The highest BCUT2D eigenvalue weighted by molar-refractivity contribution is 9.10. The number of aryl methyl sites for hydroxylation is 2. The minimum atomic E-state index is 0.848. The van der Waals surface area contributed by atoms with E-state index >= 15 is 0 Å². The van der Waals surface area contributed by atoms with Crippen LogP contribution < -0.4 is 5.73 Å². The zero-order valence-electron chi connectivity index (χ0n) is 10.7. The van der Waals surface area contributed by atoms with Crippen molar-refractivity contribution in [2.24, 2.45) is 0 Å². The predicted octanol–water partition coefficient (Wildman–Crippen LogP) is 4.81. The first-order chi connectivity index (χ1) is 9.22. The Bertz CT molecular complexity index is 610. The van der Waals surface area contributed by atoms with Crippen molar-refractivity contribution in [3.8, 4) is 0 Å². The largest absolute Gasteiger partial charge is 0.398 e. The smallest absolute Gasteiger partial charge is 0.0463 e. The fourth-order valence-corrected chi connectivity index (χ4v) is 3.80. The summed E-state index contributed by atoms with van der Waals surface area (Å²) in [6.07, 6.45) is 3.81. The van der Waals surface area contributed by atoms with Gasteiger partial charge in [0.2, 0.25) is 0 Å². The van der Waals surface area contributed by atoms with Crippen LogP contribution in [-0.2, 0) is 18.6 Å². The topological polar surface area (TPSA) is 26.0 Å². The van der Waals surface area contributed by atoms with Gasteiger partial charge in [0.05, 0.1) is 0 Å². The highest BCUT2D eigenvalue weighted by atomic mass is 79.9. The first-order valence-electron chi connectivity index (χ1n) is 6.51. The molecule has 0 aliphatic heterocycles. The van der Waals surface area contributed by atoms with Crippen molar-refractivity contribution in [1.29, 1.82) is 0 Å². The molecule has 1 nitrogen and oxygen atoms in total. The Hall–Kier alpha value is -0.930. The molecule has 98 valence electrons. The van der Waals surface area contributed by atoms with Gasteiger partial charge in [-0.3, -0.25) is 0 Å². The third-order valence-corrected chi connectivity index (χ3v) is 5.18. The number of rotatable bonds is 3. The highest BCUT2D eigenvalue weighted by Crippen LogP contribution is 2.31. The van der Waals surface area contributed by atoms with Crippen LogP contribution in [0.3, 0.4) is 0 Å². The van der Waals surface area contributed by atoms with Crippen LogP contribution in [0.2, 0.25) is 0 Å². The summed E-state index contributed by atoms with van der Waals surface area (Å²) in [6, 6.07) is 13.0. The molecule has 0 amide bonds. The second kappa shape index (κ2) is 5.59. The first kappa shape index (κ1) is 13.1. The van der Waals surface area contributed by atoms with E-state index in [-0.39, 0.29) is 0 Å². The van der Waals surface area contributed by atoms with Gasteiger partial charge in [0.25, 0.3) is 0 Å². The van der Waals surface area contributed by atoms with Gasteiger partial charge < -0.3 is 5.73 Å². The third kappa shape index (κ3) is 2.98. The lowest BCUT2D eigenvalue weighted by molar-refractivity contribution is 0.911. The molecule has 3 rings (SSSR count). The molecule has 0 bridgehead atoms. The average molecular weight is 334 g/mol. The molecule has 0 atom stereocenters. The molecule has 1 aliphatic carbocycles. The van der Waals surface area contributed by atoms with Gasteiger partial charge in [0.15, 0.2) is 0 Å². The van der Waals surface area contributed by atoms with Crippen molar-refractivity contribution in [3.63, 3.8) is 0 Å². The van der Waals surface area contributed by atoms with Crippen molar-refractivity contribution in [3.05, 3.63) is 57.6 Å². The Morgan fingerprint density at radius 1 is 1.05 bits per heavy atom. The van der Waals surface area contributed by atoms with Crippen LogP contribution in [0.25, 0.3) is 0 Å². The standard InChI is InChI=1S/C16H16BrNS/c17-14-6-7-16(15(18)9-14)19-10-11-4-5-12-2-1-3-13(12)8-11/h4-9H,1-3,10,18H2. The monoisotopic (exact) mass is 333 g/mol. The van der Waals surface area contributed by atoms with E-state index in [1.165, 1.54) is 30.4 Å². The number of fused-ring (bicyclic) bond motifs is 1. The number of benzene rings is 2. The summed E-state index contributed by atoms with van der Waals surface area (Å²) in [4.78, 5) is 1.16. The van der Waals surface area contributed by atoms with Crippen LogP contribution >= 0.6 is 27.7 Å². The second-order valence-electron chi connectivity index (χ2n) is 4.93. The summed E-state index contributed by atoms with van der Waals surface area (Å²) in [5, 5.41) is 0. The molecule has 0 heterocycles. The summed E-state index contributed by atoms with van der Waals surface area (Å²) in [5.41, 5.74) is 11.4. The van der Waals surface area contributed by atoms with Crippen molar-refractivity contribution >= 4 is 33.4 Å². The van der Waals surface area contributed by atoms with Crippen molar-refractivity contribution in [2.75, 3.05) is 5.73 Å². The zero-order valence-corrected chi connectivity index (χ0v) is 13.1. The summed E-state index contributed by atoms with van der Waals surface area (Å²) < 4.78 is 1.03. The number of hydrogen-bond donors (Lipinski definition) is 1. The molecule has 1 aliphatic rings. The van der Waals surface area contributed by atoms with Gasteiger partial charge in [-0.15, -0.1) is 11.8 Å². The summed E-state index contributed by atoms with van der Waals surface area (Å²) in [7, 11) is 0. The lowest BCUT2D eigenvalue weighted by Gasteiger charge is -2.07. The molecular weight excluding hydrogens is 318 g/mol. The lowest BCUT2D eigenvalue weighted by Crippen LogP contribution is -1.90. The zero-order chi connectivity index (χ0) is 13.2. The molecule has 0 spiro atoms. The second-order valence-corrected chi connectivity index (χ2v) is 6.86. The first-order valence-corrected chi connectivity index (χ1v) is 8.29. The molecule has 2 aromatic carbocycles. The van der Waals surface area contributed by atoms with Crippen LogP contribution in [0.1, 0.15) is 23.1 Å². The maximum atomic E-state index is 6.02. The van der Waals surface area contributed by atoms with Crippen molar-refractivity contribution < 1.29 is 0 Å². The third-order valence-electron chi connectivity index (χ3n) is 3.53. The Labute approximate surface area is 126 Å². The van der Waals surface area contributed by atoms with E-state index in [0.717, 1.165) is 20.8 Å². The number of nitrogens with two attached hydrogens (primary N) is 1. The SMILES string of the molecule is Nc1cc(Br)ccc1SCc1ccc2c(c1)CCC2. The molecular formula is C16H16BrNS. The molecule has 3 heteroatoms. The Morgan fingerprint density at radius 2 is 1.89 bits per heavy atom. The number of halogens is 1. The van der Waals surface area contributed by atoms with Crippen LogP contribution in [0.5, 0.6) is 0 Å². The normalized spacial score (nSPS) is 13.5. The van der Waals surface area contributed by atoms with Gasteiger partial charge in [-0.1, -0.05) is 34.1 Å². The van der Waals surface area contributed by atoms with Gasteiger partial charge in [0, 0.05) is 20.8 Å². The molecule has 0 saturated heterocycles. The molecule has 0 radical (unpaired) electrons. The van der Waals surface area contributed by atoms with Gasteiger partial charge >= 0.3 is 0 Å². The number of anilines is 1. The molecule has 19 heavy (non-hydrogen) atoms. The quantitative estimate of drug-likeness (QED) is 0.644. The fourth-order valence-electron chi connectivity index (χ4n) is 2.53. The van der Waals surface area contributed by atoms with E-state index in [1.54, 1.807) is 5.56 Å². The van der Waals surface area contributed by atoms with Gasteiger partial charge in [-0.05, 0) is 54.2 Å². The lowest BCUT2D eigenvalue weighted by atomic mass is 10.1. The van der Waals surface area contributed by atoms with Gasteiger partial charge in [0.1, 0.15) is 0 Å². The van der Waals surface area contributed by atoms with E-state index in [4.69, 9.17) is 5.73 Å². The Morgan fingerprint density at radius 3 is 2.74 bits per heavy atom. The maximum absolute atomic E-state index is 6.02. The Kier molecular flexibility index (Phi) is 3.85. The van der Waals surface area contributed by atoms with Crippen molar-refractivity contribution in [2.45, 2.75) is 29.9 Å². The molecule has 0 unspecified atom stereocenters. The highest BCUT2D eigenvalue weighted by Gasteiger charge is 2.11. The molecule has 0 aromatic heterocycles. The molecule has 2 aromatic rings. The van der Waals surface area contributed by atoms with Gasteiger partial charge in [-0.2, -0.15) is 0 Å². The van der Waals surface area contributed by atoms with Crippen molar-refractivity contribution in [1.82, 2.24) is 0 Å². The minimum absolute atomic E-state index is 0.848. The van der Waals surface area contributed by atoms with Gasteiger partial charge in [-0.25, -0.2) is 0 Å². The van der Waals surface area contributed by atoms with E-state index in [9.17, 15) is 0 Å². The molecule has 2 N–H and O–H groups in total. The Balaban J connectivity index is 1.72. The number of hydrogen-bond acceptors (Lipinski definition) is 2. The fraction of sp³-hybridized carbons (Fsp3) is 0.250. The van der Waals surface area contributed by atoms with E-state index in [0.29, 0.717) is 0 Å². The maximum Gasteiger partial charge on any atom is 0.0463 e. The number of nitrogen functional groups attached to an aromatic ring is 1. The van der Waals surface area contributed by atoms with E-state index in [2.05, 4.69) is 40.2 Å². The predicted molar refractivity (Wildman–Crippen MR) is 86.6 cm³/mol. The number of thioether (sulfide) groups is 1. The molecule has 0 saturated carbocycles. The summed E-state index contributed by atoms with van der Waals surface area (Å²) >= 11 is 5.25. The molecule has 0 fully saturated rings. The van der Waals surface area contributed by atoms with Crippen LogP contribution in [0.4, 0.5) is 5.69 Å².